The second-order valence-electron chi connectivity index (χ2n) is 8.66. The van der Waals surface area contributed by atoms with E-state index in [1.54, 1.807) is 12.3 Å². The fourth-order valence-electron chi connectivity index (χ4n) is 3.46. The van der Waals surface area contributed by atoms with Crippen molar-refractivity contribution in [3.8, 4) is 17.3 Å². The number of nitrogens with one attached hydrogen (secondary N) is 1. The molecule has 168 valence electrons. The van der Waals surface area contributed by atoms with Crippen molar-refractivity contribution < 1.29 is 9.08 Å². The van der Waals surface area contributed by atoms with Crippen LogP contribution in [0, 0.1) is 11.3 Å². The largest absolute Gasteiger partial charge is 0.598 e. The Morgan fingerprint density at radius 3 is 2.67 bits per heavy atom. The predicted octanol–water partition coefficient (Wildman–Crippen LogP) is 5.86. The highest BCUT2D eigenvalue weighted by Crippen LogP contribution is 2.35. The quantitative estimate of drug-likeness (QED) is 0.318. The summed E-state index contributed by atoms with van der Waals surface area (Å²) >= 11 is 2.16. The molecule has 1 N–H and O–H groups in total. The molecule has 0 saturated heterocycles. The lowest BCUT2D eigenvalue weighted by atomic mass is 9.94. The lowest BCUT2D eigenvalue weighted by molar-refractivity contribution is 0.459. The van der Waals surface area contributed by atoms with Crippen LogP contribution in [-0.2, 0) is 17.8 Å². The van der Waals surface area contributed by atoms with Gasteiger partial charge < -0.3 is 9.08 Å². The van der Waals surface area contributed by atoms with Gasteiger partial charge in [0.15, 0.2) is 5.58 Å². The topological polar surface area (TPSA) is 97.8 Å². The fourth-order valence-corrected chi connectivity index (χ4v) is 4.63. The van der Waals surface area contributed by atoms with Crippen LogP contribution in [0.15, 0.2) is 69.8 Å². The number of pyridine rings is 1. The van der Waals surface area contributed by atoms with E-state index in [0.717, 1.165) is 32.4 Å². The van der Waals surface area contributed by atoms with Crippen LogP contribution < -0.4 is 4.72 Å². The van der Waals surface area contributed by atoms with Crippen LogP contribution in [0.1, 0.15) is 43.6 Å². The Bertz CT molecular complexity index is 1310. The normalized spacial score (nSPS) is 13.6. The summed E-state index contributed by atoms with van der Waals surface area (Å²) in [5.41, 5.74) is 4.55. The SMILES string of the molecule is CC(C)(C)[S@+]([O-])NC(Cc1ccc(C#N)cn1)c1ccccc1-c1noc2cc(Br)ccc12. The van der Waals surface area contributed by atoms with E-state index in [1.165, 1.54) is 0 Å². The highest BCUT2D eigenvalue weighted by Gasteiger charge is 2.31. The highest BCUT2D eigenvalue weighted by molar-refractivity contribution is 9.10. The molecule has 0 aliphatic carbocycles. The molecule has 6 nitrogen and oxygen atoms in total. The molecule has 0 radical (unpaired) electrons. The first-order chi connectivity index (χ1) is 15.8. The molecule has 0 aliphatic rings. The molecule has 0 bridgehead atoms. The molecule has 4 rings (SSSR count). The van der Waals surface area contributed by atoms with Gasteiger partial charge in [0.05, 0.1) is 11.6 Å². The van der Waals surface area contributed by atoms with E-state index < -0.39 is 16.1 Å². The third kappa shape index (κ3) is 5.28. The first-order valence-corrected chi connectivity index (χ1v) is 12.4. The molecule has 4 aromatic rings. The van der Waals surface area contributed by atoms with E-state index in [-0.39, 0.29) is 6.04 Å². The minimum Gasteiger partial charge on any atom is -0.598 e. The number of fused-ring (bicyclic) bond motifs is 1. The van der Waals surface area contributed by atoms with E-state index in [0.29, 0.717) is 17.6 Å². The Labute approximate surface area is 204 Å². The number of nitriles is 1. The lowest BCUT2D eigenvalue weighted by Gasteiger charge is -2.29. The van der Waals surface area contributed by atoms with E-state index in [4.69, 9.17) is 9.78 Å². The molecule has 2 aromatic heterocycles. The number of halogens is 1. The molecule has 2 aromatic carbocycles. The van der Waals surface area contributed by atoms with E-state index >= 15 is 0 Å². The Morgan fingerprint density at radius 1 is 1.18 bits per heavy atom. The van der Waals surface area contributed by atoms with Crippen molar-refractivity contribution in [2.45, 2.75) is 38.0 Å². The molecule has 33 heavy (non-hydrogen) atoms. The number of nitrogens with zero attached hydrogens (tertiary/aromatic N) is 3. The maximum atomic E-state index is 13.1. The van der Waals surface area contributed by atoms with Gasteiger partial charge in [-0.3, -0.25) is 4.98 Å². The van der Waals surface area contributed by atoms with Gasteiger partial charge in [0, 0.05) is 45.1 Å². The third-order valence-electron chi connectivity index (χ3n) is 5.20. The molecule has 0 amide bonds. The molecule has 2 atom stereocenters. The number of hydrogen-bond acceptors (Lipinski definition) is 6. The van der Waals surface area contributed by atoms with Crippen LogP contribution >= 0.6 is 15.9 Å². The molecule has 1 unspecified atom stereocenters. The molecule has 2 heterocycles. The van der Waals surface area contributed by atoms with Gasteiger partial charge in [0.25, 0.3) is 0 Å². The third-order valence-corrected chi connectivity index (χ3v) is 7.30. The van der Waals surface area contributed by atoms with Gasteiger partial charge in [0.1, 0.15) is 16.5 Å². The summed E-state index contributed by atoms with van der Waals surface area (Å²) in [5, 5.41) is 14.3. The average molecular weight is 523 g/mol. The van der Waals surface area contributed by atoms with E-state index in [1.807, 2.05) is 69.3 Å². The highest BCUT2D eigenvalue weighted by atomic mass is 79.9. The maximum absolute atomic E-state index is 13.1. The lowest BCUT2D eigenvalue weighted by Crippen LogP contribution is -2.42. The van der Waals surface area contributed by atoms with Gasteiger partial charge in [-0.2, -0.15) is 5.26 Å². The predicted molar refractivity (Wildman–Crippen MR) is 134 cm³/mol. The second-order valence-corrected chi connectivity index (χ2v) is 11.6. The summed E-state index contributed by atoms with van der Waals surface area (Å²) in [6.45, 7) is 5.80. The van der Waals surface area contributed by atoms with Crippen LogP contribution in [0.4, 0.5) is 0 Å². The zero-order valence-corrected chi connectivity index (χ0v) is 20.9. The molecular weight excluding hydrogens is 500 g/mol. The van der Waals surface area contributed by atoms with Crippen LogP contribution in [0.5, 0.6) is 0 Å². The zero-order valence-electron chi connectivity index (χ0n) is 18.5. The molecule has 0 spiro atoms. The van der Waals surface area contributed by atoms with Gasteiger partial charge in [-0.1, -0.05) is 45.4 Å². The smallest absolute Gasteiger partial charge is 0.168 e. The second kappa shape index (κ2) is 9.65. The van der Waals surface area contributed by atoms with Crippen LogP contribution in [0.3, 0.4) is 0 Å². The Balaban J connectivity index is 1.78. The van der Waals surface area contributed by atoms with Gasteiger partial charge in [-0.05, 0) is 56.7 Å². The fraction of sp³-hybridized carbons (Fsp3) is 0.240. The van der Waals surface area contributed by atoms with Crippen LogP contribution in [-0.4, -0.2) is 19.4 Å². The molecular formula is C25H23BrN4O2S. The van der Waals surface area contributed by atoms with Gasteiger partial charge in [-0.15, -0.1) is 4.72 Å². The van der Waals surface area contributed by atoms with E-state index in [9.17, 15) is 4.55 Å². The van der Waals surface area contributed by atoms with Crippen molar-refractivity contribution in [1.82, 2.24) is 14.9 Å². The Hall–Kier alpha value is -2.70. The number of benzene rings is 2. The first kappa shape index (κ1) is 23.5. The zero-order chi connectivity index (χ0) is 23.6. The molecule has 0 fully saturated rings. The number of rotatable bonds is 6. The summed E-state index contributed by atoms with van der Waals surface area (Å²) in [7, 11) is 0. The number of hydrogen-bond donors (Lipinski definition) is 1. The minimum absolute atomic E-state index is 0.302. The first-order valence-electron chi connectivity index (χ1n) is 10.4. The number of aromatic nitrogens is 2. The van der Waals surface area contributed by atoms with Gasteiger partial charge in [-0.25, -0.2) is 0 Å². The summed E-state index contributed by atoms with van der Waals surface area (Å²) in [4.78, 5) is 4.44. The molecule has 0 aliphatic heterocycles. The summed E-state index contributed by atoms with van der Waals surface area (Å²) < 4.78 is 22.5. The minimum atomic E-state index is -1.31. The summed E-state index contributed by atoms with van der Waals surface area (Å²) in [6.07, 6.45) is 2.05. The standard InChI is InChI=1S/C25H23BrN4O2S/c1-25(2,3)33(31)30-22(13-18-10-8-16(14-27)15-28-18)19-6-4-5-7-20(19)24-21-11-9-17(26)12-23(21)32-29-24/h4-12,15,22,30H,13H2,1-3H3/t22?,33-/m0/s1. The van der Waals surface area contributed by atoms with Crippen molar-refractivity contribution in [2.75, 3.05) is 0 Å². The van der Waals surface area contributed by atoms with Crippen molar-refractivity contribution in [2.24, 2.45) is 0 Å². The van der Waals surface area contributed by atoms with Gasteiger partial charge in [0.2, 0.25) is 0 Å². The maximum Gasteiger partial charge on any atom is 0.168 e. The van der Waals surface area contributed by atoms with E-state index in [2.05, 4.69) is 36.9 Å². The van der Waals surface area contributed by atoms with Crippen molar-refractivity contribution in [3.63, 3.8) is 0 Å². The van der Waals surface area contributed by atoms with Crippen LogP contribution in [0.2, 0.25) is 0 Å². The van der Waals surface area contributed by atoms with Crippen molar-refractivity contribution in [1.29, 1.82) is 5.26 Å². The molecule has 8 heteroatoms. The van der Waals surface area contributed by atoms with Gasteiger partial charge >= 0.3 is 0 Å². The van der Waals surface area contributed by atoms with Crippen LogP contribution in [0.25, 0.3) is 22.2 Å². The average Bonchev–Trinajstić information content (AvgIpc) is 3.21. The summed E-state index contributed by atoms with van der Waals surface area (Å²) in [6, 6.07) is 19.1. The van der Waals surface area contributed by atoms with Crippen molar-refractivity contribution >= 4 is 38.3 Å². The Morgan fingerprint density at radius 2 is 1.97 bits per heavy atom. The monoisotopic (exact) mass is 522 g/mol. The van der Waals surface area contributed by atoms with Crippen molar-refractivity contribution in [3.05, 3.63) is 82.1 Å². The Kier molecular flexibility index (Phi) is 6.86. The summed E-state index contributed by atoms with van der Waals surface area (Å²) in [5.74, 6) is 0. The molecule has 0 saturated carbocycles.